The normalized spacial score (nSPS) is 13.6. The van der Waals surface area contributed by atoms with Gasteiger partial charge in [0.15, 0.2) is 0 Å². The van der Waals surface area contributed by atoms with Crippen LogP contribution in [0.5, 0.6) is 5.75 Å². The van der Waals surface area contributed by atoms with E-state index in [1.165, 1.54) is 0 Å². The monoisotopic (exact) mass is 335 g/mol. The van der Waals surface area contributed by atoms with Crippen LogP contribution in [0, 0.1) is 0 Å². The molecule has 1 atom stereocenters. The quantitative estimate of drug-likeness (QED) is 0.873. The van der Waals surface area contributed by atoms with E-state index in [0.29, 0.717) is 0 Å². The Kier molecular flexibility index (Phi) is 4.68. The van der Waals surface area contributed by atoms with Gasteiger partial charge in [0.1, 0.15) is 5.75 Å². The third kappa shape index (κ3) is 3.14. The van der Waals surface area contributed by atoms with Crippen molar-refractivity contribution in [1.29, 1.82) is 0 Å². The Morgan fingerprint density at radius 3 is 2.60 bits per heavy atom. The van der Waals surface area contributed by atoms with E-state index in [2.05, 4.69) is 21.2 Å². The second-order valence-corrected chi connectivity index (χ2v) is 5.68. The number of hydrogen-bond acceptors (Lipinski definition) is 3. The number of aliphatic hydroxyl groups excluding tert-OH is 1. The Bertz CT molecular complexity index is 588. The SMILES string of the molecule is COc1cccc(NC(C)(CO)c2ccccc2Br)c1. The Labute approximate surface area is 127 Å². The van der Waals surface area contributed by atoms with Gasteiger partial charge in [-0.3, -0.25) is 0 Å². The molecule has 0 aromatic heterocycles. The third-order valence-electron chi connectivity index (χ3n) is 3.27. The fraction of sp³-hybridized carbons (Fsp3) is 0.250. The molecule has 2 aromatic rings. The van der Waals surface area contributed by atoms with Crippen LogP contribution in [0.4, 0.5) is 5.69 Å². The van der Waals surface area contributed by atoms with Crippen molar-refractivity contribution in [1.82, 2.24) is 0 Å². The molecule has 3 nitrogen and oxygen atoms in total. The summed E-state index contributed by atoms with van der Waals surface area (Å²) in [4.78, 5) is 0. The predicted octanol–water partition coefficient (Wildman–Crippen LogP) is 3.78. The van der Waals surface area contributed by atoms with E-state index in [1.54, 1.807) is 7.11 Å². The average Bonchev–Trinajstić information content (AvgIpc) is 2.47. The zero-order chi connectivity index (χ0) is 14.6. The van der Waals surface area contributed by atoms with Gasteiger partial charge in [-0.15, -0.1) is 0 Å². The van der Waals surface area contributed by atoms with Gasteiger partial charge < -0.3 is 15.2 Å². The van der Waals surface area contributed by atoms with E-state index < -0.39 is 5.54 Å². The van der Waals surface area contributed by atoms with E-state index in [4.69, 9.17) is 4.74 Å². The third-order valence-corrected chi connectivity index (χ3v) is 3.97. The maximum absolute atomic E-state index is 9.84. The molecule has 0 fully saturated rings. The van der Waals surface area contributed by atoms with Crippen molar-refractivity contribution in [2.24, 2.45) is 0 Å². The highest BCUT2D eigenvalue weighted by Crippen LogP contribution is 2.32. The molecular weight excluding hydrogens is 318 g/mol. The molecule has 2 rings (SSSR count). The maximum atomic E-state index is 9.84. The van der Waals surface area contributed by atoms with Crippen LogP contribution in [0.25, 0.3) is 0 Å². The molecule has 2 aromatic carbocycles. The number of hydrogen-bond donors (Lipinski definition) is 2. The van der Waals surface area contributed by atoms with E-state index >= 15 is 0 Å². The molecule has 2 N–H and O–H groups in total. The van der Waals surface area contributed by atoms with Gasteiger partial charge in [0.25, 0.3) is 0 Å². The van der Waals surface area contributed by atoms with Crippen molar-refractivity contribution in [3.63, 3.8) is 0 Å². The highest BCUT2D eigenvalue weighted by atomic mass is 79.9. The lowest BCUT2D eigenvalue weighted by atomic mass is 9.92. The number of methoxy groups -OCH3 is 1. The van der Waals surface area contributed by atoms with Crippen LogP contribution in [0.3, 0.4) is 0 Å². The summed E-state index contributed by atoms with van der Waals surface area (Å²) in [6, 6.07) is 15.5. The summed E-state index contributed by atoms with van der Waals surface area (Å²) in [7, 11) is 1.64. The van der Waals surface area contributed by atoms with Gasteiger partial charge >= 0.3 is 0 Å². The maximum Gasteiger partial charge on any atom is 0.120 e. The van der Waals surface area contributed by atoms with Gasteiger partial charge in [-0.25, -0.2) is 0 Å². The Morgan fingerprint density at radius 1 is 1.20 bits per heavy atom. The Hall–Kier alpha value is -1.52. The molecule has 0 aliphatic heterocycles. The number of ether oxygens (including phenoxy) is 1. The van der Waals surface area contributed by atoms with Crippen molar-refractivity contribution in [2.75, 3.05) is 19.0 Å². The van der Waals surface area contributed by atoms with E-state index in [9.17, 15) is 5.11 Å². The molecule has 0 bridgehead atoms. The van der Waals surface area contributed by atoms with Crippen molar-refractivity contribution < 1.29 is 9.84 Å². The summed E-state index contributed by atoms with van der Waals surface area (Å²) >= 11 is 3.54. The lowest BCUT2D eigenvalue weighted by molar-refractivity contribution is 0.223. The molecule has 0 aliphatic carbocycles. The van der Waals surface area contributed by atoms with Crippen LogP contribution in [-0.2, 0) is 5.54 Å². The van der Waals surface area contributed by atoms with Gasteiger partial charge in [-0.05, 0) is 30.7 Å². The zero-order valence-corrected chi connectivity index (χ0v) is 13.1. The average molecular weight is 336 g/mol. The summed E-state index contributed by atoms with van der Waals surface area (Å²) in [5.41, 5.74) is 1.33. The minimum atomic E-state index is -0.577. The van der Waals surface area contributed by atoms with E-state index in [0.717, 1.165) is 21.5 Å². The minimum absolute atomic E-state index is 0.0210. The van der Waals surface area contributed by atoms with Crippen LogP contribution in [0.15, 0.2) is 53.0 Å². The summed E-state index contributed by atoms with van der Waals surface area (Å²) in [5.74, 6) is 0.780. The van der Waals surface area contributed by atoms with Crippen LogP contribution in [0.2, 0.25) is 0 Å². The second kappa shape index (κ2) is 6.29. The number of benzene rings is 2. The first kappa shape index (κ1) is 14.9. The topological polar surface area (TPSA) is 41.5 Å². The number of halogens is 1. The Morgan fingerprint density at radius 2 is 1.95 bits per heavy atom. The molecule has 106 valence electrons. The minimum Gasteiger partial charge on any atom is -0.497 e. The molecule has 4 heteroatoms. The summed E-state index contributed by atoms with van der Waals surface area (Å²) in [6.45, 7) is 1.94. The smallest absolute Gasteiger partial charge is 0.120 e. The molecule has 0 saturated heterocycles. The highest BCUT2D eigenvalue weighted by Gasteiger charge is 2.27. The van der Waals surface area contributed by atoms with Crippen LogP contribution in [0.1, 0.15) is 12.5 Å². The van der Waals surface area contributed by atoms with Gasteiger partial charge in [0, 0.05) is 16.2 Å². The van der Waals surface area contributed by atoms with Crippen molar-refractivity contribution >= 4 is 21.6 Å². The second-order valence-electron chi connectivity index (χ2n) is 4.83. The molecule has 0 amide bonds. The van der Waals surface area contributed by atoms with Gasteiger partial charge in [-0.2, -0.15) is 0 Å². The molecule has 0 spiro atoms. The van der Waals surface area contributed by atoms with Crippen LogP contribution >= 0.6 is 15.9 Å². The lowest BCUT2D eigenvalue weighted by Crippen LogP contribution is -2.36. The number of anilines is 1. The van der Waals surface area contributed by atoms with Gasteiger partial charge in [0.05, 0.1) is 19.3 Å². The summed E-state index contributed by atoms with van der Waals surface area (Å²) < 4.78 is 6.19. The Balaban J connectivity index is 2.34. The predicted molar refractivity (Wildman–Crippen MR) is 85.2 cm³/mol. The van der Waals surface area contributed by atoms with Gasteiger partial charge in [0.2, 0.25) is 0 Å². The molecule has 0 heterocycles. The largest absolute Gasteiger partial charge is 0.497 e. The highest BCUT2D eigenvalue weighted by molar-refractivity contribution is 9.10. The first-order valence-corrected chi connectivity index (χ1v) is 7.16. The van der Waals surface area contributed by atoms with Crippen molar-refractivity contribution in [3.05, 3.63) is 58.6 Å². The first-order chi connectivity index (χ1) is 9.59. The summed E-state index contributed by atoms with van der Waals surface area (Å²) in [6.07, 6.45) is 0. The van der Waals surface area contributed by atoms with E-state index in [-0.39, 0.29) is 6.61 Å². The zero-order valence-electron chi connectivity index (χ0n) is 11.6. The standard InChI is InChI=1S/C16H18BrNO2/c1-16(11-19,14-8-3-4-9-15(14)17)18-12-6-5-7-13(10-12)20-2/h3-10,18-19H,11H2,1-2H3. The molecule has 0 aliphatic rings. The van der Waals surface area contributed by atoms with E-state index in [1.807, 2.05) is 55.5 Å². The van der Waals surface area contributed by atoms with Crippen molar-refractivity contribution in [2.45, 2.75) is 12.5 Å². The lowest BCUT2D eigenvalue weighted by Gasteiger charge is -2.31. The number of nitrogens with one attached hydrogen (secondary N) is 1. The van der Waals surface area contributed by atoms with Crippen LogP contribution < -0.4 is 10.1 Å². The fourth-order valence-electron chi connectivity index (χ4n) is 2.12. The summed E-state index contributed by atoms with van der Waals surface area (Å²) in [5, 5.41) is 13.2. The first-order valence-electron chi connectivity index (χ1n) is 6.37. The molecule has 0 saturated carbocycles. The molecule has 1 unspecified atom stereocenters. The fourth-order valence-corrected chi connectivity index (χ4v) is 2.84. The number of rotatable bonds is 5. The molecule has 20 heavy (non-hydrogen) atoms. The van der Waals surface area contributed by atoms with Crippen LogP contribution in [-0.4, -0.2) is 18.8 Å². The molecule has 0 radical (unpaired) electrons. The van der Waals surface area contributed by atoms with Gasteiger partial charge in [-0.1, -0.05) is 40.2 Å². The number of aliphatic hydroxyl groups is 1. The van der Waals surface area contributed by atoms with Crippen molar-refractivity contribution in [3.8, 4) is 5.75 Å². The molecular formula is C16H18BrNO2.